The molecule has 0 aliphatic heterocycles. The minimum absolute atomic E-state index is 0.832. The highest BCUT2D eigenvalue weighted by molar-refractivity contribution is 6.26. The average Bonchev–Trinajstić information content (AvgIpc) is 3.42. The van der Waals surface area contributed by atoms with Crippen molar-refractivity contribution in [1.82, 2.24) is 4.40 Å². The van der Waals surface area contributed by atoms with Gasteiger partial charge in [-0.15, -0.1) is 0 Å². The first-order valence-corrected chi connectivity index (χ1v) is 12.1. The van der Waals surface area contributed by atoms with Crippen molar-refractivity contribution in [2.45, 2.75) is 46.0 Å². The molecule has 1 saturated carbocycles. The third kappa shape index (κ3) is 2.28. The Balaban J connectivity index is 1.77. The van der Waals surface area contributed by atoms with E-state index in [1.165, 1.54) is 97.8 Å². The molecule has 3 heterocycles. The SMILES string of the molecule is Cc1cc2cccc3c2c(c1C)c1c2c(cc[n+]1C)c1cccc(CC4CCCC4)c1n32. The van der Waals surface area contributed by atoms with Crippen molar-refractivity contribution in [3.8, 4) is 0 Å². The second-order valence-electron chi connectivity index (χ2n) is 10.1. The largest absolute Gasteiger partial charge is 0.303 e. The average molecular weight is 418 g/mol. The summed E-state index contributed by atoms with van der Waals surface area (Å²) in [6.07, 6.45) is 9.02. The van der Waals surface area contributed by atoms with E-state index in [9.17, 15) is 0 Å². The Morgan fingerprint density at radius 1 is 0.906 bits per heavy atom. The number of fused-ring (bicyclic) bond motifs is 5. The Bertz CT molecular complexity index is 1680. The standard InChI is InChI=1S/C30H29N2/c1-18-16-21-10-7-13-25-27(21)26(19(18)2)30-29-24(14-15-31(30)3)23-12-6-11-22(28(23)32(25)29)17-20-8-4-5-9-20/h6-7,10-16,20H,4-5,8-9,17H2,1-3H3/q+1. The molecule has 1 aliphatic rings. The molecule has 0 unspecified atom stereocenters. The quantitative estimate of drug-likeness (QED) is 0.160. The molecule has 0 N–H and O–H groups in total. The van der Waals surface area contributed by atoms with Crippen molar-refractivity contribution >= 4 is 49.0 Å². The number of hydrogen-bond donors (Lipinski definition) is 0. The van der Waals surface area contributed by atoms with E-state index in [1.54, 1.807) is 0 Å². The van der Waals surface area contributed by atoms with Gasteiger partial charge in [0.05, 0.1) is 16.4 Å². The van der Waals surface area contributed by atoms with Gasteiger partial charge in [0.1, 0.15) is 12.6 Å². The molecule has 1 fully saturated rings. The Labute approximate surface area is 188 Å². The monoisotopic (exact) mass is 417 g/mol. The molecular weight excluding hydrogens is 388 g/mol. The molecule has 3 aromatic carbocycles. The zero-order valence-corrected chi connectivity index (χ0v) is 19.2. The molecule has 0 spiro atoms. The summed E-state index contributed by atoms with van der Waals surface area (Å²) < 4.78 is 4.94. The molecule has 0 radical (unpaired) electrons. The van der Waals surface area contributed by atoms with Gasteiger partial charge in [0.15, 0.2) is 6.20 Å². The smallest absolute Gasteiger partial charge is 0.238 e. The van der Waals surface area contributed by atoms with Crippen molar-refractivity contribution < 1.29 is 4.57 Å². The van der Waals surface area contributed by atoms with Crippen molar-refractivity contribution in [3.63, 3.8) is 0 Å². The molecule has 0 saturated heterocycles. The van der Waals surface area contributed by atoms with Crippen LogP contribution in [0.5, 0.6) is 0 Å². The fourth-order valence-corrected chi connectivity index (χ4v) is 6.65. The van der Waals surface area contributed by atoms with Gasteiger partial charge >= 0.3 is 0 Å². The zero-order valence-electron chi connectivity index (χ0n) is 19.2. The molecule has 0 bridgehead atoms. The van der Waals surface area contributed by atoms with Crippen LogP contribution in [-0.2, 0) is 13.5 Å². The van der Waals surface area contributed by atoms with Gasteiger partial charge in [-0.1, -0.05) is 62.1 Å². The molecule has 3 aromatic heterocycles. The van der Waals surface area contributed by atoms with Crippen LogP contribution in [0.2, 0.25) is 0 Å². The molecule has 6 aromatic rings. The minimum atomic E-state index is 0.832. The van der Waals surface area contributed by atoms with Gasteiger partial charge in [0.2, 0.25) is 5.52 Å². The Morgan fingerprint density at radius 3 is 2.53 bits per heavy atom. The maximum Gasteiger partial charge on any atom is 0.238 e. The molecular formula is C30H29N2+. The summed E-state index contributed by atoms with van der Waals surface area (Å²) in [6, 6.07) is 18.6. The summed E-state index contributed by atoms with van der Waals surface area (Å²) in [4.78, 5) is 0. The highest BCUT2D eigenvalue weighted by atomic mass is 15.0. The van der Waals surface area contributed by atoms with E-state index < -0.39 is 0 Å². The number of rotatable bonds is 2. The predicted molar refractivity (Wildman–Crippen MR) is 135 cm³/mol. The first kappa shape index (κ1) is 18.4. The lowest BCUT2D eigenvalue weighted by Gasteiger charge is -2.16. The van der Waals surface area contributed by atoms with Gasteiger partial charge < -0.3 is 4.40 Å². The van der Waals surface area contributed by atoms with Gasteiger partial charge in [-0.2, -0.15) is 4.57 Å². The maximum absolute atomic E-state index is 2.61. The van der Waals surface area contributed by atoms with Crippen LogP contribution in [0, 0.1) is 19.8 Å². The second-order valence-corrected chi connectivity index (χ2v) is 10.1. The van der Waals surface area contributed by atoms with Gasteiger partial charge in [0, 0.05) is 22.2 Å². The lowest BCUT2D eigenvalue weighted by Crippen LogP contribution is -2.29. The van der Waals surface area contributed by atoms with E-state index in [0.29, 0.717) is 0 Å². The fraction of sp³-hybridized carbons (Fsp3) is 0.300. The van der Waals surface area contributed by atoms with E-state index in [1.807, 2.05) is 0 Å². The van der Waals surface area contributed by atoms with Crippen molar-refractivity contribution in [1.29, 1.82) is 0 Å². The van der Waals surface area contributed by atoms with Crippen molar-refractivity contribution in [2.24, 2.45) is 13.0 Å². The fourth-order valence-electron chi connectivity index (χ4n) is 6.65. The third-order valence-corrected chi connectivity index (χ3v) is 8.28. The van der Waals surface area contributed by atoms with Crippen LogP contribution in [0.3, 0.4) is 0 Å². The summed E-state index contributed by atoms with van der Waals surface area (Å²) in [5.41, 5.74) is 9.79. The van der Waals surface area contributed by atoms with Crippen LogP contribution < -0.4 is 4.57 Å². The third-order valence-electron chi connectivity index (χ3n) is 8.28. The zero-order chi connectivity index (χ0) is 21.6. The second kappa shape index (κ2) is 6.45. The molecule has 32 heavy (non-hydrogen) atoms. The molecule has 0 amide bonds. The molecule has 158 valence electrons. The van der Waals surface area contributed by atoms with E-state index in [4.69, 9.17) is 0 Å². The molecule has 2 heteroatoms. The number of para-hydroxylation sites is 1. The van der Waals surface area contributed by atoms with Gasteiger partial charge in [0.25, 0.3) is 0 Å². The summed E-state index contributed by atoms with van der Waals surface area (Å²) in [5.74, 6) is 0.832. The summed E-state index contributed by atoms with van der Waals surface area (Å²) >= 11 is 0. The predicted octanol–water partition coefficient (Wildman–Crippen LogP) is 7.16. The van der Waals surface area contributed by atoms with Crippen LogP contribution in [-0.4, -0.2) is 4.40 Å². The van der Waals surface area contributed by atoms with Gasteiger partial charge in [-0.05, 0) is 54.3 Å². The molecule has 0 atom stereocenters. The topological polar surface area (TPSA) is 8.29 Å². The van der Waals surface area contributed by atoms with Crippen LogP contribution in [0.15, 0.2) is 54.7 Å². The van der Waals surface area contributed by atoms with E-state index in [-0.39, 0.29) is 0 Å². The first-order valence-electron chi connectivity index (χ1n) is 12.1. The van der Waals surface area contributed by atoms with Crippen LogP contribution in [0.25, 0.3) is 49.0 Å². The van der Waals surface area contributed by atoms with Gasteiger partial charge in [-0.3, -0.25) is 0 Å². The number of benzene rings is 3. The lowest BCUT2D eigenvalue weighted by molar-refractivity contribution is -0.644. The van der Waals surface area contributed by atoms with Crippen LogP contribution in [0.1, 0.15) is 42.4 Å². The Hall–Kier alpha value is -3.13. The Kier molecular flexibility index (Phi) is 3.72. The van der Waals surface area contributed by atoms with Gasteiger partial charge in [-0.25, -0.2) is 0 Å². The number of hydrogen-bond acceptors (Lipinski definition) is 0. The summed E-state index contributed by atoms with van der Waals surface area (Å²) in [6.45, 7) is 4.55. The number of nitrogens with zero attached hydrogens (tertiary/aromatic N) is 2. The van der Waals surface area contributed by atoms with E-state index >= 15 is 0 Å². The highest BCUT2D eigenvalue weighted by Gasteiger charge is 2.26. The van der Waals surface area contributed by atoms with E-state index in [2.05, 4.69) is 84.6 Å². The van der Waals surface area contributed by atoms with Crippen molar-refractivity contribution in [2.75, 3.05) is 0 Å². The first-order chi connectivity index (χ1) is 15.6. The van der Waals surface area contributed by atoms with Crippen molar-refractivity contribution in [3.05, 3.63) is 71.4 Å². The van der Waals surface area contributed by atoms with Crippen LogP contribution >= 0.6 is 0 Å². The van der Waals surface area contributed by atoms with E-state index in [0.717, 1.165) is 5.92 Å². The van der Waals surface area contributed by atoms with Crippen LogP contribution in [0.4, 0.5) is 0 Å². The highest BCUT2D eigenvalue weighted by Crippen LogP contribution is 2.42. The molecule has 2 nitrogen and oxygen atoms in total. The number of aryl methyl sites for hydroxylation is 3. The summed E-state index contributed by atoms with van der Waals surface area (Å²) in [5, 5.41) is 6.94. The summed E-state index contributed by atoms with van der Waals surface area (Å²) in [7, 11) is 2.21. The normalized spacial score (nSPS) is 15.5. The molecule has 1 aliphatic carbocycles. The Morgan fingerprint density at radius 2 is 1.69 bits per heavy atom. The molecule has 7 rings (SSSR count). The number of pyridine rings is 2. The lowest BCUT2D eigenvalue weighted by atomic mass is 9.94. The minimum Gasteiger partial charge on any atom is -0.303 e. The maximum atomic E-state index is 2.61. The number of aromatic nitrogens is 2.